The van der Waals surface area contributed by atoms with E-state index in [1.54, 1.807) is 24.3 Å². The van der Waals surface area contributed by atoms with E-state index in [9.17, 15) is 8.42 Å². The average Bonchev–Trinajstić information content (AvgIpc) is 2.63. The molecule has 2 atom stereocenters. The van der Waals surface area contributed by atoms with Gasteiger partial charge in [0.15, 0.2) is 0 Å². The van der Waals surface area contributed by atoms with Crippen LogP contribution in [0.4, 0.5) is 0 Å². The molecule has 0 aromatic heterocycles. The molecule has 0 spiro atoms. The lowest BCUT2D eigenvalue weighted by Crippen LogP contribution is -2.48. The van der Waals surface area contributed by atoms with Gasteiger partial charge in [-0.25, -0.2) is 0 Å². The van der Waals surface area contributed by atoms with Crippen molar-refractivity contribution < 1.29 is 8.42 Å². The fraction of sp³-hybridized carbons (Fsp3) is 0.667. The van der Waals surface area contributed by atoms with Gasteiger partial charge in [0.1, 0.15) is 5.84 Å². The van der Waals surface area contributed by atoms with Crippen LogP contribution in [-0.4, -0.2) is 31.2 Å². The minimum absolute atomic E-state index is 0.290. The molecule has 1 heterocycles. The highest BCUT2D eigenvalue weighted by Crippen LogP contribution is 2.31. The van der Waals surface area contributed by atoms with Crippen molar-refractivity contribution in [3.63, 3.8) is 0 Å². The van der Waals surface area contributed by atoms with Crippen molar-refractivity contribution in [2.45, 2.75) is 88.6 Å². The molecule has 0 radical (unpaired) electrons. The zero-order chi connectivity index (χ0) is 18.6. The Balaban J connectivity index is 1.93. The van der Waals surface area contributed by atoms with Gasteiger partial charge in [0.05, 0.1) is 4.90 Å². The summed E-state index contributed by atoms with van der Waals surface area (Å²) in [5, 5.41) is 0. The van der Waals surface area contributed by atoms with E-state index in [0.717, 1.165) is 25.1 Å². The van der Waals surface area contributed by atoms with Crippen molar-refractivity contribution in [2.75, 3.05) is 0 Å². The maximum Gasteiger partial charge on any atom is 0.283 e. The van der Waals surface area contributed by atoms with Gasteiger partial charge >= 0.3 is 0 Å². The van der Waals surface area contributed by atoms with Crippen molar-refractivity contribution in [3.8, 4) is 0 Å². The number of piperidine rings is 1. The van der Waals surface area contributed by atoms with Crippen LogP contribution in [0.3, 0.4) is 0 Å². The minimum atomic E-state index is -3.66. The van der Waals surface area contributed by atoms with E-state index in [2.05, 4.69) is 23.1 Å². The van der Waals surface area contributed by atoms with Gasteiger partial charge in [0.2, 0.25) is 0 Å². The summed E-state index contributed by atoms with van der Waals surface area (Å²) >= 11 is 0. The molecule has 0 unspecified atom stereocenters. The molecule has 0 bridgehead atoms. The van der Waals surface area contributed by atoms with Crippen molar-refractivity contribution in [1.82, 2.24) is 4.90 Å². The molecule has 26 heavy (non-hydrogen) atoms. The van der Waals surface area contributed by atoms with Crippen LogP contribution in [0.2, 0.25) is 0 Å². The number of sulfonamides is 1. The smallest absolute Gasteiger partial charge is 0.283 e. The van der Waals surface area contributed by atoms with Crippen molar-refractivity contribution in [1.29, 1.82) is 0 Å². The first kappa shape index (κ1) is 19.4. The summed E-state index contributed by atoms with van der Waals surface area (Å²) in [6.45, 7) is 4.42. The summed E-state index contributed by atoms with van der Waals surface area (Å²) in [6, 6.07) is 9.34. The Bertz CT molecular complexity index is 699. The molecule has 2 aliphatic rings. The van der Waals surface area contributed by atoms with Gasteiger partial charge < -0.3 is 4.90 Å². The second kappa shape index (κ2) is 8.55. The van der Waals surface area contributed by atoms with Gasteiger partial charge in [-0.1, -0.05) is 50.3 Å². The third-order valence-corrected chi connectivity index (χ3v) is 7.27. The number of hydrogen-bond acceptors (Lipinski definition) is 2. The molecule has 4 nitrogen and oxygen atoms in total. The van der Waals surface area contributed by atoms with Gasteiger partial charge in [-0.15, -0.1) is 4.40 Å². The van der Waals surface area contributed by atoms with Gasteiger partial charge in [-0.3, -0.25) is 0 Å². The fourth-order valence-corrected chi connectivity index (χ4v) is 5.61. The first-order chi connectivity index (χ1) is 12.5. The monoisotopic (exact) mass is 376 g/mol. The lowest BCUT2D eigenvalue weighted by Gasteiger charge is -2.42. The Kier molecular flexibility index (Phi) is 6.38. The molecule has 1 aromatic rings. The Labute approximate surface area is 158 Å². The quantitative estimate of drug-likeness (QED) is 0.548. The van der Waals surface area contributed by atoms with Crippen LogP contribution in [-0.2, 0) is 10.0 Å². The summed E-state index contributed by atoms with van der Waals surface area (Å²) in [5.41, 5.74) is 0. The van der Waals surface area contributed by atoms with Gasteiger partial charge in [-0.2, -0.15) is 8.42 Å². The maximum atomic E-state index is 12.9. The summed E-state index contributed by atoms with van der Waals surface area (Å²) in [5.74, 6) is 1.36. The Morgan fingerprint density at radius 2 is 1.58 bits per heavy atom. The van der Waals surface area contributed by atoms with Crippen LogP contribution in [0, 0.1) is 5.92 Å². The molecule has 0 amide bonds. The Morgan fingerprint density at radius 3 is 2.19 bits per heavy atom. The first-order valence-corrected chi connectivity index (χ1v) is 11.6. The number of hydrogen-bond donors (Lipinski definition) is 0. The Hall–Kier alpha value is -1.36. The zero-order valence-corrected chi connectivity index (χ0v) is 16.9. The molecular formula is C21H32N2O2S. The normalized spacial score (nSPS) is 26.1. The number of amidine groups is 1. The third-order valence-electron chi connectivity index (χ3n) is 5.95. The zero-order valence-electron chi connectivity index (χ0n) is 16.1. The van der Waals surface area contributed by atoms with Gasteiger partial charge in [0, 0.05) is 18.5 Å². The van der Waals surface area contributed by atoms with Crippen molar-refractivity contribution in [2.24, 2.45) is 10.3 Å². The highest BCUT2D eigenvalue weighted by atomic mass is 32.2. The van der Waals surface area contributed by atoms with E-state index in [0.29, 0.717) is 22.9 Å². The summed E-state index contributed by atoms with van der Waals surface area (Å²) in [7, 11) is -3.66. The molecule has 144 valence electrons. The predicted molar refractivity (Wildman–Crippen MR) is 107 cm³/mol. The minimum Gasteiger partial charge on any atom is -0.354 e. The van der Waals surface area contributed by atoms with Gasteiger partial charge in [0.25, 0.3) is 10.0 Å². The Morgan fingerprint density at radius 1 is 0.962 bits per heavy atom. The van der Waals surface area contributed by atoms with E-state index >= 15 is 0 Å². The third kappa shape index (κ3) is 4.67. The van der Waals surface area contributed by atoms with Crippen LogP contribution in [0.1, 0.15) is 71.6 Å². The number of nitrogens with zero attached hydrogens (tertiary/aromatic N) is 2. The molecular weight excluding hydrogens is 344 g/mol. The van der Waals surface area contributed by atoms with Crippen LogP contribution in [0.5, 0.6) is 0 Å². The van der Waals surface area contributed by atoms with E-state index in [1.807, 2.05) is 6.07 Å². The molecule has 1 saturated heterocycles. The number of benzene rings is 1. The predicted octanol–water partition coefficient (Wildman–Crippen LogP) is 5.01. The van der Waals surface area contributed by atoms with E-state index in [-0.39, 0.29) is 0 Å². The van der Waals surface area contributed by atoms with Crippen LogP contribution >= 0.6 is 0 Å². The maximum absolute atomic E-state index is 12.9. The molecule has 1 aliphatic heterocycles. The molecule has 2 fully saturated rings. The van der Waals surface area contributed by atoms with E-state index in [1.165, 1.54) is 38.5 Å². The largest absolute Gasteiger partial charge is 0.354 e. The SMILES string of the molecule is C[C@@H]1CCC[C@H](C)N1C(CC1CCCCC1)=NS(=O)(=O)c1ccccc1. The number of likely N-dealkylation sites (tertiary alicyclic amines) is 1. The standard InChI is InChI=1S/C21H32N2O2S/c1-17-10-9-11-18(2)23(17)21(16-19-12-5-3-6-13-19)22-26(24,25)20-14-7-4-8-15-20/h4,7-8,14-15,17-19H,3,5-6,9-13,16H2,1-2H3/t17-,18+. The molecule has 1 saturated carbocycles. The summed E-state index contributed by atoms with van der Waals surface area (Å²) in [6.07, 6.45) is 10.4. The summed E-state index contributed by atoms with van der Waals surface area (Å²) < 4.78 is 30.3. The number of rotatable bonds is 4. The average molecular weight is 377 g/mol. The van der Waals surface area contributed by atoms with Crippen LogP contribution < -0.4 is 0 Å². The van der Waals surface area contributed by atoms with E-state index in [4.69, 9.17) is 0 Å². The molecule has 5 heteroatoms. The highest BCUT2D eigenvalue weighted by molar-refractivity contribution is 7.90. The topological polar surface area (TPSA) is 49.7 Å². The lowest BCUT2D eigenvalue weighted by atomic mass is 9.85. The lowest BCUT2D eigenvalue weighted by molar-refractivity contribution is 0.184. The van der Waals surface area contributed by atoms with Crippen molar-refractivity contribution in [3.05, 3.63) is 30.3 Å². The highest BCUT2D eigenvalue weighted by Gasteiger charge is 2.31. The molecule has 0 N–H and O–H groups in total. The molecule has 1 aromatic carbocycles. The molecule has 1 aliphatic carbocycles. The fourth-order valence-electron chi connectivity index (χ4n) is 4.55. The molecule has 3 rings (SSSR count). The van der Waals surface area contributed by atoms with Gasteiger partial charge in [-0.05, 0) is 51.2 Å². The van der Waals surface area contributed by atoms with Crippen LogP contribution in [0.15, 0.2) is 39.6 Å². The van der Waals surface area contributed by atoms with E-state index < -0.39 is 10.0 Å². The van der Waals surface area contributed by atoms with Crippen molar-refractivity contribution >= 4 is 15.9 Å². The first-order valence-electron chi connectivity index (χ1n) is 10.1. The van der Waals surface area contributed by atoms with Crippen LogP contribution in [0.25, 0.3) is 0 Å². The summed E-state index contributed by atoms with van der Waals surface area (Å²) in [4.78, 5) is 2.59. The second-order valence-corrected chi connectivity index (χ2v) is 9.64. The second-order valence-electron chi connectivity index (χ2n) is 8.04.